The molecule has 0 bridgehead atoms. The van der Waals surface area contributed by atoms with Crippen LogP contribution in [0.15, 0.2) is 60.7 Å². The highest BCUT2D eigenvalue weighted by molar-refractivity contribution is 6.80. The zero-order valence-corrected chi connectivity index (χ0v) is 20.9. The number of hydrogen-bond donors (Lipinski definition) is 0. The van der Waals surface area contributed by atoms with Crippen LogP contribution in [-0.4, -0.2) is 9.55 Å². The van der Waals surface area contributed by atoms with Gasteiger partial charge in [0.25, 0.3) is 0 Å². The molecule has 2 aliphatic rings. The van der Waals surface area contributed by atoms with Crippen molar-refractivity contribution in [2.75, 3.05) is 0 Å². The van der Waals surface area contributed by atoms with Gasteiger partial charge in [0.05, 0.1) is 0 Å². The van der Waals surface area contributed by atoms with Crippen LogP contribution < -0.4 is 0 Å². The fourth-order valence-corrected chi connectivity index (χ4v) is 3.65. The quantitative estimate of drug-likeness (QED) is 0.246. The van der Waals surface area contributed by atoms with Gasteiger partial charge in [0.1, 0.15) is 9.55 Å². The molecule has 0 atom stereocenters. The highest BCUT2D eigenvalue weighted by atomic mass is 35.6. The van der Waals surface area contributed by atoms with Crippen molar-refractivity contribution in [3.63, 3.8) is 0 Å². The van der Waals surface area contributed by atoms with E-state index in [9.17, 15) is 0 Å². The summed E-state index contributed by atoms with van der Waals surface area (Å²) in [4.78, 5) is 0. The van der Waals surface area contributed by atoms with Crippen molar-refractivity contribution in [2.24, 2.45) is 0 Å². The van der Waals surface area contributed by atoms with Crippen molar-refractivity contribution < 1.29 is 0 Å². The Kier molecular flexibility index (Phi) is 5.62. The van der Waals surface area contributed by atoms with E-state index in [2.05, 4.69) is 102 Å². The first-order chi connectivity index (χ1) is 13.1. The van der Waals surface area contributed by atoms with Gasteiger partial charge in [-0.25, -0.2) is 0 Å². The molecule has 28 heavy (non-hydrogen) atoms. The van der Waals surface area contributed by atoms with Crippen LogP contribution in [0.3, 0.4) is 0 Å². The van der Waals surface area contributed by atoms with Crippen LogP contribution >= 0.6 is 11.1 Å². The molecule has 2 aromatic rings. The molecule has 0 aromatic heterocycles. The third-order valence-corrected chi connectivity index (χ3v) is 5.47. The maximum absolute atomic E-state index is 4.78. The average molecular weight is 407 g/mol. The van der Waals surface area contributed by atoms with E-state index in [4.69, 9.17) is 11.1 Å². The predicted molar refractivity (Wildman–Crippen MR) is 130 cm³/mol. The monoisotopic (exact) mass is 406 g/mol. The first-order valence-electron chi connectivity index (χ1n) is 9.93. The van der Waals surface area contributed by atoms with Crippen LogP contribution in [0.2, 0.25) is 0 Å². The van der Waals surface area contributed by atoms with Crippen molar-refractivity contribution in [1.82, 2.24) is 0 Å². The minimum absolute atomic E-state index is 0.191. The third-order valence-electron chi connectivity index (χ3n) is 5.47. The van der Waals surface area contributed by atoms with E-state index in [1.807, 2.05) is 0 Å². The van der Waals surface area contributed by atoms with Crippen LogP contribution in [-0.2, 0) is 10.8 Å². The smallest absolute Gasteiger partial charge is 0.109 e. The van der Waals surface area contributed by atoms with Crippen molar-refractivity contribution in [3.8, 4) is 33.4 Å². The Balaban J connectivity index is 0.00000109. The predicted octanol–water partition coefficient (Wildman–Crippen LogP) is 7.10. The number of fused-ring (bicyclic) bond motifs is 1. The molecular weight excluding hydrogens is 376 g/mol. The summed E-state index contributed by atoms with van der Waals surface area (Å²) >= 11 is 4.78. The van der Waals surface area contributed by atoms with Crippen molar-refractivity contribution in [3.05, 3.63) is 71.8 Å². The summed E-state index contributed by atoms with van der Waals surface area (Å²) in [5.74, 6) is 0. The van der Waals surface area contributed by atoms with Gasteiger partial charge >= 0.3 is 0 Å². The van der Waals surface area contributed by atoms with Gasteiger partial charge in [0.15, 0.2) is 0 Å². The lowest BCUT2D eigenvalue weighted by atomic mass is 9.85. The molecule has 146 valence electrons. The van der Waals surface area contributed by atoms with Crippen molar-refractivity contribution in [2.45, 2.75) is 52.4 Å². The molecule has 0 fully saturated rings. The lowest BCUT2D eigenvalue weighted by molar-refractivity contribution is 0.590. The molecule has 0 amide bonds. The van der Waals surface area contributed by atoms with Crippen LogP contribution in [0.1, 0.15) is 52.7 Å². The summed E-state index contributed by atoms with van der Waals surface area (Å²) in [6.07, 6.45) is 0. The Morgan fingerprint density at radius 2 is 0.893 bits per heavy atom. The Labute approximate surface area is 178 Å². The summed E-state index contributed by atoms with van der Waals surface area (Å²) in [5.41, 5.74) is 11.4. The number of halogens is 1. The van der Waals surface area contributed by atoms with E-state index in [0.29, 0.717) is 0 Å². The Hall–Kier alpha value is -1.83. The van der Waals surface area contributed by atoms with E-state index in [1.165, 1.54) is 44.5 Å². The molecule has 2 heteroatoms. The lowest BCUT2D eigenvalue weighted by Crippen LogP contribution is -2.10. The van der Waals surface area contributed by atoms with Gasteiger partial charge in [-0.05, 0) is 67.5 Å². The normalized spacial score (nSPS) is 12.4. The maximum atomic E-state index is 4.78. The Bertz CT molecular complexity index is 969. The first-order valence-corrected chi connectivity index (χ1v) is 12.9. The zero-order chi connectivity index (χ0) is 20.7. The summed E-state index contributed by atoms with van der Waals surface area (Å²) < 4.78 is 0. The lowest BCUT2D eigenvalue weighted by Gasteiger charge is -2.20. The molecule has 0 unspecified atom stereocenters. The molecule has 0 saturated carbocycles. The summed E-state index contributed by atoms with van der Waals surface area (Å²) in [6, 6.07) is 22.9. The number of benzene rings is 3. The van der Waals surface area contributed by atoms with Gasteiger partial charge in [-0.3, -0.25) is 0 Å². The summed E-state index contributed by atoms with van der Waals surface area (Å²) in [5, 5.41) is 0. The summed E-state index contributed by atoms with van der Waals surface area (Å²) in [6.45, 7) is 13.6. The second-order valence-electron chi connectivity index (χ2n) is 9.60. The van der Waals surface area contributed by atoms with Crippen LogP contribution in [0.4, 0.5) is 0 Å². The van der Waals surface area contributed by atoms with Crippen molar-refractivity contribution in [1.29, 1.82) is 0 Å². The highest BCUT2D eigenvalue weighted by Gasteiger charge is 2.25. The largest absolute Gasteiger partial charge is 0.181 e. The highest BCUT2D eigenvalue weighted by Crippen LogP contribution is 2.51. The molecule has 0 aliphatic heterocycles. The van der Waals surface area contributed by atoms with E-state index in [0.717, 1.165) is 9.55 Å². The van der Waals surface area contributed by atoms with Crippen LogP contribution in [0.5, 0.6) is 0 Å². The van der Waals surface area contributed by atoms with Gasteiger partial charge in [-0.15, -0.1) is 0 Å². The van der Waals surface area contributed by atoms with E-state index < -0.39 is 0 Å². The van der Waals surface area contributed by atoms with E-state index in [-0.39, 0.29) is 10.8 Å². The fourth-order valence-electron chi connectivity index (χ4n) is 3.65. The first kappa shape index (κ1) is 20.9. The maximum Gasteiger partial charge on any atom is 0.109 e. The van der Waals surface area contributed by atoms with Gasteiger partial charge in [-0.2, -0.15) is 11.1 Å². The van der Waals surface area contributed by atoms with Gasteiger partial charge < -0.3 is 0 Å². The van der Waals surface area contributed by atoms with Gasteiger partial charge in [0.2, 0.25) is 0 Å². The van der Waals surface area contributed by atoms with Crippen LogP contribution in [0.25, 0.3) is 33.4 Å². The Morgan fingerprint density at radius 1 is 0.536 bits per heavy atom. The van der Waals surface area contributed by atoms with Gasteiger partial charge in [0, 0.05) is 0 Å². The van der Waals surface area contributed by atoms with E-state index >= 15 is 0 Å². The standard InChI is InChI=1S/C26H28.ClH3Si/c1-25(2,3)20-11-7-17(8-12-20)22-15-19-16-23(19)24(22)18-9-13-21(14-10-18)26(4,5)6;1-2/h7-16H,1-6H3;2H3. The van der Waals surface area contributed by atoms with E-state index in [1.54, 1.807) is 0 Å². The minimum Gasteiger partial charge on any atom is -0.181 e. The average Bonchev–Trinajstić information content (AvgIpc) is 3.32. The topological polar surface area (TPSA) is 0 Å². The molecule has 2 aromatic carbocycles. The second kappa shape index (κ2) is 7.53. The second-order valence-corrected chi connectivity index (χ2v) is 9.60. The van der Waals surface area contributed by atoms with Crippen molar-refractivity contribution >= 4 is 20.6 Å². The fraction of sp³-hybridized carbons (Fsp3) is 0.308. The molecule has 0 spiro atoms. The molecule has 0 N–H and O–H groups in total. The zero-order valence-electron chi connectivity index (χ0n) is 18.2. The van der Waals surface area contributed by atoms with Gasteiger partial charge in [-0.1, -0.05) is 90.1 Å². The molecule has 4 rings (SSSR count). The summed E-state index contributed by atoms with van der Waals surface area (Å²) in [7, 11) is 0.778. The minimum atomic E-state index is 0.191. The number of rotatable bonds is 2. The molecule has 0 saturated heterocycles. The SMILES string of the molecule is CC(C)(C)c1ccc(-c2cc3cc-3c2-c2ccc(C(C)(C)C)cc2)cc1.[SiH3]Cl. The molecule has 2 aliphatic carbocycles. The third kappa shape index (κ3) is 4.11. The Morgan fingerprint density at radius 3 is 1.29 bits per heavy atom. The molecular formula is C26H31ClSi. The molecule has 0 heterocycles. The van der Waals surface area contributed by atoms with Crippen LogP contribution in [0, 0.1) is 0 Å². The molecule has 0 radical (unpaired) electrons. The molecule has 0 nitrogen and oxygen atoms in total. The number of hydrogen-bond acceptors (Lipinski definition) is 0.